The summed E-state index contributed by atoms with van der Waals surface area (Å²) < 4.78 is 5.42. The molecule has 1 aromatic heterocycles. The number of nitrogens with zero attached hydrogens (tertiary/aromatic N) is 2. The summed E-state index contributed by atoms with van der Waals surface area (Å²) >= 11 is 1.27. The fourth-order valence-electron chi connectivity index (χ4n) is 4.67. The van der Waals surface area contributed by atoms with Gasteiger partial charge in [0.1, 0.15) is 17.7 Å². The van der Waals surface area contributed by atoms with Crippen LogP contribution in [0.2, 0.25) is 0 Å². The van der Waals surface area contributed by atoms with Gasteiger partial charge in [0.25, 0.3) is 11.8 Å². The molecule has 226 valence electrons. The average molecular weight is 605 g/mol. The first-order valence-electron chi connectivity index (χ1n) is 14.3. The lowest BCUT2D eigenvalue weighted by Gasteiger charge is -2.37. The zero-order chi connectivity index (χ0) is 30.6. The summed E-state index contributed by atoms with van der Waals surface area (Å²) in [6.07, 6.45) is 1.32. The van der Waals surface area contributed by atoms with Crippen LogP contribution in [0.3, 0.4) is 0 Å². The molecule has 11 nitrogen and oxygen atoms in total. The smallest absolute Gasteiger partial charge is 0.408 e. The summed E-state index contributed by atoms with van der Waals surface area (Å²) in [6.45, 7) is 6.26. The van der Waals surface area contributed by atoms with E-state index in [9.17, 15) is 19.2 Å². The predicted molar refractivity (Wildman–Crippen MR) is 164 cm³/mol. The number of carbonyl (C=O) groups excluding carboxylic acids is 4. The Morgan fingerprint density at radius 2 is 1.77 bits per heavy atom. The molecule has 3 aromatic rings. The summed E-state index contributed by atoms with van der Waals surface area (Å²) in [5, 5.41) is 13.9. The Bertz CT molecular complexity index is 1470. The van der Waals surface area contributed by atoms with Gasteiger partial charge in [0.05, 0.1) is 5.69 Å². The van der Waals surface area contributed by atoms with Crippen LogP contribution in [-0.2, 0) is 14.3 Å². The monoisotopic (exact) mass is 604 g/mol. The summed E-state index contributed by atoms with van der Waals surface area (Å²) in [6, 6.07) is 14.5. The maximum Gasteiger partial charge on any atom is 0.408 e. The van der Waals surface area contributed by atoms with Gasteiger partial charge in [-0.3, -0.25) is 14.4 Å². The molecule has 2 aromatic carbocycles. The fourth-order valence-corrected chi connectivity index (χ4v) is 5.39. The van der Waals surface area contributed by atoms with Crippen molar-refractivity contribution in [1.82, 2.24) is 25.8 Å². The number of hydrogen-bond acceptors (Lipinski definition) is 8. The lowest BCUT2D eigenvalue weighted by Crippen LogP contribution is -2.60. The number of piperazine rings is 1. The first-order chi connectivity index (χ1) is 20.6. The van der Waals surface area contributed by atoms with Gasteiger partial charge in [-0.15, -0.1) is 11.3 Å². The largest absolute Gasteiger partial charge is 0.444 e. The Hall–Kier alpha value is -4.29. The maximum absolute atomic E-state index is 13.9. The molecule has 0 unspecified atom stereocenters. The molecule has 4 N–H and O–H groups in total. The van der Waals surface area contributed by atoms with Crippen LogP contribution in [0, 0.1) is 0 Å². The molecule has 12 heteroatoms. The molecule has 0 bridgehead atoms. The SMILES string of the molecule is CC(C)(C)OC(=O)N[C@@H](C(=O)N1CCNC[C@H]1C(=O)Nc1nc(-c2ccc(C(=O)NC3CC3)cc2)cs1)c1ccccc1. The van der Waals surface area contributed by atoms with Crippen molar-refractivity contribution >= 4 is 40.3 Å². The number of alkyl carbamates (subject to hydrolysis) is 1. The van der Waals surface area contributed by atoms with E-state index in [-0.39, 0.29) is 25.0 Å². The van der Waals surface area contributed by atoms with Gasteiger partial charge in [0, 0.05) is 42.2 Å². The highest BCUT2D eigenvalue weighted by Crippen LogP contribution is 2.27. The normalized spacial score (nSPS) is 17.5. The molecule has 1 aliphatic heterocycles. The minimum Gasteiger partial charge on any atom is -0.444 e. The van der Waals surface area contributed by atoms with Gasteiger partial charge in [0.2, 0.25) is 5.91 Å². The molecule has 5 rings (SSSR count). The molecule has 4 amide bonds. The third kappa shape index (κ3) is 7.96. The second-order valence-electron chi connectivity index (χ2n) is 11.6. The zero-order valence-corrected chi connectivity index (χ0v) is 25.2. The number of thiazole rings is 1. The molecule has 2 fully saturated rings. The van der Waals surface area contributed by atoms with Gasteiger partial charge in [-0.05, 0) is 51.3 Å². The summed E-state index contributed by atoms with van der Waals surface area (Å²) in [5.74, 6) is -0.891. The summed E-state index contributed by atoms with van der Waals surface area (Å²) in [7, 11) is 0. The van der Waals surface area contributed by atoms with Gasteiger partial charge in [-0.25, -0.2) is 9.78 Å². The molecule has 0 radical (unpaired) electrons. The van der Waals surface area contributed by atoms with Gasteiger partial charge in [0.15, 0.2) is 5.13 Å². The van der Waals surface area contributed by atoms with Gasteiger partial charge >= 0.3 is 6.09 Å². The van der Waals surface area contributed by atoms with Crippen molar-refractivity contribution in [2.45, 2.75) is 57.3 Å². The molecule has 1 saturated heterocycles. The second kappa shape index (κ2) is 12.9. The van der Waals surface area contributed by atoms with E-state index in [0.29, 0.717) is 28.5 Å². The van der Waals surface area contributed by atoms with Crippen LogP contribution in [-0.4, -0.2) is 71.0 Å². The molecule has 2 heterocycles. The Balaban J connectivity index is 1.27. The van der Waals surface area contributed by atoms with Crippen molar-refractivity contribution in [3.8, 4) is 11.3 Å². The molecule has 43 heavy (non-hydrogen) atoms. The molecular weight excluding hydrogens is 568 g/mol. The van der Waals surface area contributed by atoms with Crippen LogP contribution in [0.5, 0.6) is 0 Å². The van der Waals surface area contributed by atoms with Crippen molar-refractivity contribution in [1.29, 1.82) is 0 Å². The molecule has 1 saturated carbocycles. The van der Waals surface area contributed by atoms with Crippen LogP contribution >= 0.6 is 11.3 Å². The van der Waals surface area contributed by atoms with Gasteiger partial charge < -0.3 is 30.9 Å². The first kappa shape index (κ1) is 30.2. The van der Waals surface area contributed by atoms with Gasteiger partial charge in [-0.1, -0.05) is 42.5 Å². The molecule has 1 aliphatic carbocycles. The first-order valence-corrected chi connectivity index (χ1v) is 15.2. The zero-order valence-electron chi connectivity index (χ0n) is 24.4. The number of nitrogens with one attached hydrogen (secondary N) is 4. The van der Waals surface area contributed by atoms with E-state index in [4.69, 9.17) is 4.74 Å². The number of ether oxygens (including phenoxy) is 1. The maximum atomic E-state index is 13.9. The third-order valence-corrected chi connectivity index (χ3v) is 7.72. The quantitative estimate of drug-likeness (QED) is 0.307. The van der Waals surface area contributed by atoms with E-state index in [0.717, 1.165) is 18.4 Å². The van der Waals surface area contributed by atoms with Gasteiger partial charge in [-0.2, -0.15) is 0 Å². The van der Waals surface area contributed by atoms with Crippen molar-refractivity contribution < 1.29 is 23.9 Å². The predicted octanol–water partition coefficient (Wildman–Crippen LogP) is 3.71. The summed E-state index contributed by atoms with van der Waals surface area (Å²) in [5.41, 5.74) is 1.90. The van der Waals surface area contributed by atoms with E-state index in [1.165, 1.54) is 16.2 Å². The number of aromatic nitrogens is 1. The third-order valence-electron chi connectivity index (χ3n) is 6.96. The van der Waals surface area contributed by atoms with Crippen molar-refractivity contribution in [3.63, 3.8) is 0 Å². The van der Waals surface area contributed by atoms with E-state index >= 15 is 0 Å². The van der Waals surface area contributed by atoms with Crippen LogP contribution in [0.4, 0.5) is 9.93 Å². The van der Waals surface area contributed by atoms with E-state index in [1.54, 1.807) is 57.2 Å². The van der Waals surface area contributed by atoms with Crippen LogP contribution in [0.25, 0.3) is 11.3 Å². The van der Waals surface area contributed by atoms with E-state index < -0.39 is 35.6 Å². The molecule has 2 aliphatic rings. The number of amides is 4. The number of hydrogen-bond donors (Lipinski definition) is 4. The highest BCUT2D eigenvalue weighted by Gasteiger charge is 2.37. The fraction of sp³-hybridized carbons (Fsp3) is 0.387. The Morgan fingerprint density at radius 1 is 1.05 bits per heavy atom. The lowest BCUT2D eigenvalue weighted by molar-refractivity contribution is -0.141. The van der Waals surface area contributed by atoms with Crippen molar-refractivity contribution in [3.05, 3.63) is 71.1 Å². The average Bonchev–Trinajstić information content (AvgIpc) is 3.69. The van der Waals surface area contributed by atoms with Crippen LogP contribution in [0.15, 0.2) is 60.0 Å². The molecule has 0 spiro atoms. The summed E-state index contributed by atoms with van der Waals surface area (Å²) in [4.78, 5) is 58.4. The van der Waals surface area contributed by atoms with Crippen LogP contribution in [0.1, 0.15) is 55.6 Å². The minimum atomic E-state index is -1.04. The second-order valence-corrected chi connectivity index (χ2v) is 12.5. The Labute approximate surface area is 254 Å². The lowest BCUT2D eigenvalue weighted by atomic mass is 10.0. The van der Waals surface area contributed by atoms with Crippen molar-refractivity contribution in [2.24, 2.45) is 0 Å². The van der Waals surface area contributed by atoms with Crippen molar-refractivity contribution in [2.75, 3.05) is 25.0 Å². The molecule has 2 atom stereocenters. The Morgan fingerprint density at radius 3 is 2.44 bits per heavy atom. The standard InChI is InChI=1S/C31H36N6O5S/c1-31(2,3)42-30(41)35-25(20-7-5-4-6-8-20)28(40)37-16-15-32-17-24(37)27(39)36-29-34-23(18-43-29)19-9-11-21(12-10-19)26(38)33-22-13-14-22/h4-12,18,22,24-25,32H,13-17H2,1-3H3,(H,33,38)(H,35,41)(H,34,36,39)/t24-,25+/m0/s1. The topological polar surface area (TPSA) is 142 Å². The van der Waals surface area contributed by atoms with Crippen LogP contribution < -0.4 is 21.3 Å². The number of anilines is 1. The van der Waals surface area contributed by atoms with E-state index in [2.05, 4.69) is 26.3 Å². The van der Waals surface area contributed by atoms with E-state index in [1.807, 2.05) is 23.6 Å². The number of carbonyl (C=O) groups is 4. The Kier molecular flexibility index (Phi) is 9.07. The highest BCUT2D eigenvalue weighted by molar-refractivity contribution is 7.14. The number of benzene rings is 2. The highest BCUT2D eigenvalue weighted by atomic mass is 32.1. The molecular formula is C31H36N6O5S. The minimum absolute atomic E-state index is 0.0868. The number of rotatable bonds is 8.